The van der Waals surface area contributed by atoms with Crippen LogP contribution < -0.4 is 5.32 Å². The molecule has 0 saturated carbocycles. The molecule has 0 spiro atoms. The van der Waals surface area contributed by atoms with Crippen LogP contribution in [0.25, 0.3) is 0 Å². The van der Waals surface area contributed by atoms with Crippen LogP contribution in [0, 0.1) is 0 Å². The van der Waals surface area contributed by atoms with Crippen LogP contribution >= 0.6 is 0 Å². The number of carbonyl (C=O) groups is 1. The molecule has 0 heterocycles. The molecule has 4 N–H and O–H groups in total. The van der Waals surface area contributed by atoms with Gasteiger partial charge < -0.3 is 20.6 Å². The lowest BCUT2D eigenvalue weighted by Crippen LogP contribution is -2.32. The zero-order chi connectivity index (χ0) is 9.56. The lowest BCUT2D eigenvalue weighted by Gasteiger charge is -2.10. The first-order chi connectivity index (χ1) is 5.61. The molecule has 0 aromatic rings. The number of hydrogen-bond donors (Lipinski definition) is 4. The van der Waals surface area contributed by atoms with Crippen molar-refractivity contribution >= 4 is 5.91 Å². The van der Waals surface area contributed by atoms with E-state index in [1.165, 1.54) is 7.05 Å². The molecular weight excluding hydrogens is 162 g/mol. The Kier molecular flexibility index (Phi) is 5.61. The smallest absolute Gasteiger partial charge is 0.248 e. The van der Waals surface area contributed by atoms with E-state index in [0.29, 0.717) is 0 Å². The average Bonchev–Trinajstić information content (AvgIpc) is 2.11. The molecule has 0 aliphatic rings. The van der Waals surface area contributed by atoms with Crippen LogP contribution in [0.2, 0.25) is 0 Å². The van der Waals surface area contributed by atoms with Gasteiger partial charge in [0.2, 0.25) is 5.91 Å². The molecule has 0 aliphatic carbocycles. The van der Waals surface area contributed by atoms with Gasteiger partial charge >= 0.3 is 0 Å². The highest BCUT2D eigenvalue weighted by molar-refractivity contribution is 5.79. The summed E-state index contributed by atoms with van der Waals surface area (Å²) in [5, 5.41) is 28.6. The van der Waals surface area contributed by atoms with E-state index in [-0.39, 0.29) is 19.4 Å². The molecule has 0 aliphatic heterocycles. The van der Waals surface area contributed by atoms with Gasteiger partial charge in [-0.3, -0.25) is 4.79 Å². The maximum Gasteiger partial charge on any atom is 0.248 e. The van der Waals surface area contributed by atoms with Crippen LogP contribution in [-0.4, -0.2) is 47.1 Å². The second-order valence-electron chi connectivity index (χ2n) is 2.54. The van der Waals surface area contributed by atoms with Gasteiger partial charge in [-0.25, -0.2) is 0 Å². The fraction of sp³-hybridized carbons (Fsp3) is 0.857. The quantitative estimate of drug-likeness (QED) is 0.400. The highest BCUT2D eigenvalue weighted by Crippen LogP contribution is 2.00. The molecular formula is C7H15NO4. The van der Waals surface area contributed by atoms with E-state index in [9.17, 15) is 4.79 Å². The van der Waals surface area contributed by atoms with Crippen molar-refractivity contribution < 1.29 is 20.1 Å². The number of aliphatic hydroxyl groups excluding tert-OH is 3. The Morgan fingerprint density at radius 1 is 1.42 bits per heavy atom. The number of rotatable bonds is 5. The van der Waals surface area contributed by atoms with Gasteiger partial charge in [-0.15, -0.1) is 0 Å². The fourth-order valence-electron chi connectivity index (χ4n) is 0.739. The molecule has 0 radical (unpaired) electrons. The molecule has 2 atom stereocenters. The Morgan fingerprint density at radius 3 is 2.42 bits per heavy atom. The van der Waals surface area contributed by atoms with Crippen LogP contribution in [0.4, 0.5) is 0 Å². The van der Waals surface area contributed by atoms with Gasteiger partial charge in [0.15, 0.2) is 0 Å². The molecule has 0 fully saturated rings. The van der Waals surface area contributed by atoms with Crippen molar-refractivity contribution in [3.63, 3.8) is 0 Å². The van der Waals surface area contributed by atoms with Crippen molar-refractivity contribution in [3.8, 4) is 0 Å². The number of hydrogen-bond acceptors (Lipinski definition) is 4. The molecule has 5 heteroatoms. The Bertz CT molecular complexity index is 139. The predicted molar refractivity (Wildman–Crippen MR) is 42.4 cm³/mol. The summed E-state index contributed by atoms with van der Waals surface area (Å²) in [4.78, 5) is 10.7. The monoisotopic (exact) mass is 177 g/mol. The molecule has 0 rings (SSSR count). The van der Waals surface area contributed by atoms with Crippen molar-refractivity contribution in [3.05, 3.63) is 0 Å². The molecule has 0 unspecified atom stereocenters. The van der Waals surface area contributed by atoms with Crippen LogP contribution in [0.3, 0.4) is 0 Å². The first-order valence-corrected chi connectivity index (χ1v) is 3.80. The summed E-state index contributed by atoms with van der Waals surface area (Å²) in [5.41, 5.74) is 0. The van der Waals surface area contributed by atoms with Crippen molar-refractivity contribution in [1.29, 1.82) is 0 Å². The van der Waals surface area contributed by atoms with Crippen LogP contribution in [0.15, 0.2) is 0 Å². The molecule has 0 bridgehead atoms. The number of aliphatic hydroxyl groups is 3. The standard InChI is InChI=1S/C7H15NO4/c1-8-7(12)6(11)3-2-5(10)4-9/h5-6,9-11H,2-4H2,1H3,(H,8,12)/t5-,6+/m0/s1. The minimum atomic E-state index is -1.10. The van der Waals surface area contributed by atoms with Crippen LogP contribution in [0.5, 0.6) is 0 Å². The third kappa shape index (κ3) is 4.27. The number of amides is 1. The largest absolute Gasteiger partial charge is 0.394 e. The lowest BCUT2D eigenvalue weighted by molar-refractivity contribution is -0.129. The van der Waals surface area contributed by atoms with Gasteiger partial charge in [-0.1, -0.05) is 0 Å². The van der Waals surface area contributed by atoms with E-state index in [2.05, 4.69) is 5.32 Å². The van der Waals surface area contributed by atoms with Gasteiger partial charge in [0.25, 0.3) is 0 Å². The third-order valence-corrected chi connectivity index (χ3v) is 1.53. The summed E-state index contributed by atoms with van der Waals surface area (Å²) in [6.07, 6.45) is -1.59. The zero-order valence-electron chi connectivity index (χ0n) is 7.03. The lowest BCUT2D eigenvalue weighted by atomic mass is 10.1. The third-order valence-electron chi connectivity index (χ3n) is 1.53. The van der Waals surface area contributed by atoms with E-state index in [4.69, 9.17) is 15.3 Å². The average molecular weight is 177 g/mol. The Labute approximate surface area is 71.0 Å². The zero-order valence-corrected chi connectivity index (χ0v) is 7.03. The number of likely N-dealkylation sites (N-methyl/N-ethyl adjacent to an activating group) is 1. The summed E-state index contributed by atoms with van der Waals surface area (Å²) < 4.78 is 0. The molecule has 0 aromatic carbocycles. The maximum atomic E-state index is 10.7. The molecule has 1 amide bonds. The minimum absolute atomic E-state index is 0.154. The van der Waals surface area contributed by atoms with Crippen molar-refractivity contribution in [2.45, 2.75) is 25.0 Å². The topological polar surface area (TPSA) is 89.8 Å². The highest BCUT2D eigenvalue weighted by atomic mass is 16.3. The summed E-state index contributed by atoms with van der Waals surface area (Å²) >= 11 is 0. The number of carbonyl (C=O) groups excluding carboxylic acids is 1. The SMILES string of the molecule is CNC(=O)[C@H](O)CC[C@H](O)CO. The summed E-state index contributed by atoms with van der Waals surface area (Å²) in [6, 6.07) is 0. The van der Waals surface area contributed by atoms with Gasteiger partial charge in [0.05, 0.1) is 12.7 Å². The Hall–Kier alpha value is -0.650. The highest BCUT2D eigenvalue weighted by Gasteiger charge is 2.14. The van der Waals surface area contributed by atoms with E-state index < -0.39 is 18.1 Å². The first-order valence-electron chi connectivity index (χ1n) is 3.80. The van der Waals surface area contributed by atoms with Gasteiger partial charge in [0.1, 0.15) is 6.10 Å². The van der Waals surface area contributed by atoms with Gasteiger partial charge in [-0.05, 0) is 12.8 Å². The van der Waals surface area contributed by atoms with Gasteiger partial charge in [-0.2, -0.15) is 0 Å². The van der Waals surface area contributed by atoms with Gasteiger partial charge in [0, 0.05) is 7.05 Å². The molecule has 72 valence electrons. The maximum absolute atomic E-state index is 10.7. The summed E-state index contributed by atoms with van der Waals surface area (Å²) in [7, 11) is 1.42. The summed E-state index contributed by atoms with van der Waals surface area (Å²) in [6.45, 7) is -0.347. The number of nitrogens with one attached hydrogen (secondary N) is 1. The van der Waals surface area contributed by atoms with Crippen molar-refractivity contribution in [2.75, 3.05) is 13.7 Å². The fourth-order valence-corrected chi connectivity index (χ4v) is 0.739. The van der Waals surface area contributed by atoms with E-state index in [1.807, 2.05) is 0 Å². The van der Waals surface area contributed by atoms with Crippen molar-refractivity contribution in [1.82, 2.24) is 5.32 Å². The Morgan fingerprint density at radius 2 is 2.00 bits per heavy atom. The normalized spacial score (nSPS) is 15.3. The Balaban J connectivity index is 3.56. The van der Waals surface area contributed by atoms with E-state index in [0.717, 1.165) is 0 Å². The predicted octanol–water partition coefficient (Wildman–Crippen LogP) is -1.77. The molecule has 12 heavy (non-hydrogen) atoms. The second kappa shape index (κ2) is 5.93. The minimum Gasteiger partial charge on any atom is -0.394 e. The molecule has 5 nitrogen and oxygen atoms in total. The first kappa shape index (κ1) is 11.4. The molecule has 0 aromatic heterocycles. The van der Waals surface area contributed by atoms with Crippen LogP contribution in [0.1, 0.15) is 12.8 Å². The van der Waals surface area contributed by atoms with Crippen LogP contribution in [-0.2, 0) is 4.79 Å². The second-order valence-corrected chi connectivity index (χ2v) is 2.54. The van der Waals surface area contributed by atoms with E-state index in [1.54, 1.807) is 0 Å². The summed E-state index contributed by atoms with van der Waals surface area (Å²) in [5.74, 6) is -0.472. The van der Waals surface area contributed by atoms with E-state index >= 15 is 0 Å². The van der Waals surface area contributed by atoms with Crippen molar-refractivity contribution in [2.24, 2.45) is 0 Å². The molecule has 0 saturated heterocycles.